The Morgan fingerprint density at radius 2 is 1.83 bits per heavy atom. The lowest BCUT2D eigenvalue weighted by Crippen LogP contribution is -2.29. The van der Waals surface area contributed by atoms with E-state index in [1.54, 1.807) is 17.5 Å². The quantitative estimate of drug-likeness (QED) is 0.312. The molecule has 0 bridgehead atoms. The number of aliphatic hydroxyl groups is 1. The summed E-state index contributed by atoms with van der Waals surface area (Å²) in [5, 5.41) is 13.2. The summed E-state index contributed by atoms with van der Waals surface area (Å²) < 4.78 is 13.8. The summed E-state index contributed by atoms with van der Waals surface area (Å²) in [6.45, 7) is 0. The van der Waals surface area contributed by atoms with Crippen LogP contribution in [0.4, 0.5) is 10.1 Å². The Morgan fingerprint density at radius 1 is 1.03 bits per heavy atom. The number of Topliss-reactive ketones (excluding diaryl/α,β-unsaturated/α-hetero) is 1. The van der Waals surface area contributed by atoms with Gasteiger partial charge >= 0.3 is 0 Å². The number of rotatable bonds is 3. The molecule has 2 aromatic carbocycles. The fourth-order valence-corrected chi connectivity index (χ4v) is 4.36. The molecule has 0 radical (unpaired) electrons. The van der Waals surface area contributed by atoms with E-state index in [2.05, 4.69) is 0 Å². The van der Waals surface area contributed by atoms with Gasteiger partial charge in [-0.2, -0.15) is 0 Å². The molecule has 1 fully saturated rings. The summed E-state index contributed by atoms with van der Waals surface area (Å²) >= 11 is 13.3. The standard InChI is InChI=1S/C21H12Cl2FNO3S/c22-14-7-6-11(9-15(14)23)19(26)17-18(16-5-2-8-29-16)25(21(28)20(17)27)13-4-1-3-12(24)10-13/h1-10,18,26H/b19-17-. The zero-order chi connectivity index (χ0) is 20.7. The maximum absolute atomic E-state index is 13.8. The number of hydrogen-bond acceptors (Lipinski definition) is 4. The molecule has 2 heterocycles. The van der Waals surface area contributed by atoms with Crippen LogP contribution in [0.15, 0.2) is 65.6 Å². The lowest BCUT2D eigenvalue weighted by atomic mass is 9.99. The van der Waals surface area contributed by atoms with Crippen molar-refractivity contribution in [1.29, 1.82) is 0 Å². The summed E-state index contributed by atoms with van der Waals surface area (Å²) in [4.78, 5) is 27.6. The zero-order valence-electron chi connectivity index (χ0n) is 14.6. The van der Waals surface area contributed by atoms with Gasteiger partial charge in [-0.15, -0.1) is 11.3 Å². The highest BCUT2D eigenvalue weighted by Gasteiger charge is 2.47. The van der Waals surface area contributed by atoms with Crippen molar-refractivity contribution in [3.05, 3.63) is 91.9 Å². The zero-order valence-corrected chi connectivity index (χ0v) is 16.9. The smallest absolute Gasteiger partial charge is 0.300 e. The van der Waals surface area contributed by atoms with E-state index in [1.807, 2.05) is 0 Å². The van der Waals surface area contributed by atoms with E-state index in [0.29, 0.717) is 9.90 Å². The third kappa shape index (κ3) is 3.44. The molecule has 1 aliphatic heterocycles. The molecule has 1 atom stereocenters. The summed E-state index contributed by atoms with van der Waals surface area (Å²) in [7, 11) is 0. The van der Waals surface area contributed by atoms with Crippen molar-refractivity contribution in [2.24, 2.45) is 0 Å². The third-order valence-corrected chi connectivity index (χ3v) is 6.20. The van der Waals surface area contributed by atoms with Crippen LogP contribution < -0.4 is 4.90 Å². The maximum Gasteiger partial charge on any atom is 0.300 e. The van der Waals surface area contributed by atoms with Crippen LogP contribution in [0.1, 0.15) is 16.5 Å². The summed E-state index contributed by atoms with van der Waals surface area (Å²) in [5.41, 5.74) is 0.372. The Labute approximate surface area is 179 Å². The maximum atomic E-state index is 13.8. The minimum atomic E-state index is -0.897. The first-order chi connectivity index (χ1) is 13.9. The molecule has 1 unspecified atom stereocenters. The van der Waals surface area contributed by atoms with E-state index >= 15 is 0 Å². The predicted molar refractivity (Wildman–Crippen MR) is 112 cm³/mol. The van der Waals surface area contributed by atoms with Crippen LogP contribution in [0.25, 0.3) is 5.76 Å². The monoisotopic (exact) mass is 447 g/mol. The number of hydrogen-bond donors (Lipinski definition) is 1. The minimum absolute atomic E-state index is 0.0971. The van der Waals surface area contributed by atoms with Gasteiger partial charge in [0.2, 0.25) is 0 Å². The molecular weight excluding hydrogens is 436 g/mol. The Balaban J connectivity index is 1.94. The molecule has 3 aromatic rings. The molecule has 1 N–H and O–H groups in total. The first-order valence-corrected chi connectivity index (χ1v) is 10.1. The van der Waals surface area contributed by atoms with E-state index in [1.165, 1.54) is 58.7 Å². The number of nitrogens with zero attached hydrogens (tertiary/aromatic N) is 1. The molecule has 0 spiro atoms. The van der Waals surface area contributed by atoms with Gasteiger partial charge < -0.3 is 5.11 Å². The van der Waals surface area contributed by atoms with Crippen molar-refractivity contribution in [2.75, 3.05) is 4.90 Å². The molecule has 1 aliphatic rings. The molecule has 146 valence electrons. The highest BCUT2D eigenvalue weighted by Crippen LogP contribution is 2.44. The van der Waals surface area contributed by atoms with Crippen LogP contribution in [0, 0.1) is 5.82 Å². The summed E-state index contributed by atoms with van der Waals surface area (Å²) in [6, 6.07) is 12.4. The molecular formula is C21H12Cl2FNO3S. The molecule has 4 nitrogen and oxygen atoms in total. The van der Waals surface area contributed by atoms with E-state index < -0.39 is 23.5 Å². The van der Waals surface area contributed by atoms with Gasteiger partial charge in [0.05, 0.1) is 15.6 Å². The number of amides is 1. The Hall–Kier alpha value is -2.67. The van der Waals surface area contributed by atoms with Gasteiger partial charge in [0.15, 0.2) is 0 Å². The van der Waals surface area contributed by atoms with Crippen LogP contribution in [0.5, 0.6) is 0 Å². The number of carbonyl (C=O) groups is 2. The molecule has 29 heavy (non-hydrogen) atoms. The van der Waals surface area contributed by atoms with Crippen LogP contribution in [-0.2, 0) is 9.59 Å². The average Bonchev–Trinajstić information content (AvgIpc) is 3.31. The molecule has 4 rings (SSSR count). The first kappa shape index (κ1) is 19.6. The van der Waals surface area contributed by atoms with Gasteiger partial charge in [-0.05, 0) is 47.8 Å². The third-order valence-electron chi connectivity index (χ3n) is 4.54. The number of halogens is 3. The second-order valence-corrected chi connectivity index (χ2v) is 8.09. The lowest BCUT2D eigenvalue weighted by molar-refractivity contribution is -0.132. The number of thiophene rings is 1. The van der Waals surface area contributed by atoms with Crippen LogP contribution in [0.3, 0.4) is 0 Å². The molecule has 1 aromatic heterocycles. The van der Waals surface area contributed by atoms with E-state index in [0.717, 1.165) is 0 Å². The Morgan fingerprint density at radius 3 is 2.48 bits per heavy atom. The van der Waals surface area contributed by atoms with Crippen molar-refractivity contribution in [3.63, 3.8) is 0 Å². The molecule has 1 saturated heterocycles. The normalized spacial score (nSPS) is 18.4. The Bertz CT molecular complexity index is 1160. The van der Waals surface area contributed by atoms with Crippen LogP contribution in [-0.4, -0.2) is 16.8 Å². The summed E-state index contributed by atoms with van der Waals surface area (Å²) in [6.07, 6.45) is 0. The average molecular weight is 448 g/mol. The van der Waals surface area contributed by atoms with Crippen molar-refractivity contribution < 1.29 is 19.1 Å². The van der Waals surface area contributed by atoms with Gasteiger partial charge in [-0.1, -0.05) is 35.3 Å². The highest BCUT2D eigenvalue weighted by atomic mass is 35.5. The van der Waals surface area contributed by atoms with Gasteiger partial charge in [-0.3, -0.25) is 14.5 Å². The van der Waals surface area contributed by atoms with Crippen LogP contribution in [0.2, 0.25) is 10.0 Å². The predicted octanol–water partition coefficient (Wildman–Crippen LogP) is 5.82. The highest BCUT2D eigenvalue weighted by molar-refractivity contribution is 7.10. The van der Waals surface area contributed by atoms with Crippen LogP contribution >= 0.6 is 34.5 Å². The van der Waals surface area contributed by atoms with E-state index in [9.17, 15) is 19.1 Å². The number of carbonyl (C=O) groups excluding carboxylic acids is 2. The second kappa shape index (κ2) is 7.63. The van der Waals surface area contributed by atoms with Crippen molar-refractivity contribution in [2.45, 2.75) is 6.04 Å². The number of ketones is 1. The van der Waals surface area contributed by atoms with Crippen molar-refractivity contribution in [3.8, 4) is 0 Å². The molecule has 0 saturated carbocycles. The SMILES string of the molecule is O=C1C(=O)N(c2cccc(F)c2)C(c2cccs2)/C1=C(/O)c1ccc(Cl)c(Cl)c1. The first-order valence-electron chi connectivity index (χ1n) is 8.44. The largest absolute Gasteiger partial charge is 0.507 e. The topological polar surface area (TPSA) is 57.6 Å². The van der Waals surface area contributed by atoms with E-state index in [4.69, 9.17) is 23.2 Å². The molecule has 1 amide bonds. The fraction of sp³-hybridized carbons (Fsp3) is 0.0476. The summed E-state index contributed by atoms with van der Waals surface area (Å²) in [5.74, 6) is -2.63. The molecule has 8 heteroatoms. The Kier molecular flexibility index (Phi) is 5.17. The van der Waals surface area contributed by atoms with Crippen molar-refractivity contribution in [1.82, 2.24) is 0 Å². The van der Waals surface area contributed by atoms with Crippen molar-refractivity contribution >= 4 is 57.7 Å². The second-order valence-electron chi connectivity index (χ2n) is 6.29. The van der Waals surface area contributed by atoms with E-state index in [-0.39, 0.29) is 27.6 Å². The van der Waals surface area contributed by atoms with Gasteiger partial charge in [0.1, 0.15) is 17.6 Å². The fourth-order valence-electron chi connectivity index (χ4n) is 3.24. The number of aliphatic hydroxyl groups excluding tert-OH is 1. The van der Waals surface area contributed by atoms with Gasteiger partial charge in [0, 0.05) is 16.1 Å². The lowest BCUT2D eigenvalue weighted by Gasteiger charge is -2.24. The minimum Gasteiger partial charge on any atom is -0.507 e. The number of benzene rings is 2. The number of anilines is 1. The van der Waals surface area contributed by atoms with Gasteiger partial charge in [-0.25, -0.2) is 4.39 Å². The molecule has 0 aliphatic carbocycles. The van der Waals surface area contributed by atoms with Gasteiger partial charge in [0.25, 0.3) is 11.7 Å².